The maximum atomic E-state index is 13.1. The Morgan fingerprint density at radius 1 is 1.12 bits per heavy atom. The number of anilines is 1. The number of aromatic nitrogens is 1. The molecule has 0 amide bonds. The molecule has 0 atom stereocenters. The normalized spacial score (nSPS) is 12.0. The highest BCUT2D eigenvalue weighted by Crippen LogP contribution is 2.33. The van der Waals surface area contributed by atoms with E-state index in [4.69, 9.17) is 0 Å². The van der Waals surface area contributed by atoms with Crippen LogP contribution in [0.25, 0.3) is 0 Å². The summed E-state index contributed by atoms with van der Waals surface area (Å²) in [5.41, 5.74) is -0.0667. The van der Waals surface area contributed by atoms with E-state index in [1.807, 2.05) is 0 Å². The number of nitrogens with one attached hydrogen (secondary N) is 3. The van der Waals surface area contributed by atoms with Gasteiger partial charge in [0.1, 0.15) is 11.6 Å². The molecule has 0 fully saturated rings. The number of pyridine rings is 1. The van der Waals surface area contributed by atoms with Gasteiger partial charge in [0.25, 0.3) is 0 Å². The van der Waals surface area contributed by atoms with Gasteiger partial charge in [-0.05, 0) is 29.8 Å². The zero-order chi connectivity index (χ0) is 19.0. The summed E-state index contributed by atoms with van der Waals surface area (Å²) in [7, 11) is 1.56. The van der Waals surface area contributed by atoms with Crippen molar-refractivity contribution in [3.05, 3.63) is 59.5 Å². The van der Waals surface area contributed by atoms with Gasteiger partial charge in [0.15, 0.2) is 5.96 Å². The Kier molecular flexibility index (Phi) is 6.76. The standard InChI is InChI=1S/C17H19F4N5/c1-22-16(26-11-12-4-2-5-13(18)10-12)25-9-8-24-15-14(17(19,20)21)6-3-7-23-15/h2-7,10H,8-9,11H2,1H3,(H,23,24)(H2,22,25,26). The molecular formula is C17H19F4N5. The largest absolute Gasteiger partial charge is 0.419 e. The minimum absolute atomic E-state index is 0.209. The number of halogens is 4. The van der Waals surface area contributed by atoms with Crippen molar-refractivity contribution in [2.24, 2.45) is 4.99 Å². The molecule has 0 radical (unpaired) electrons. The van der Waals surface area contributed by atoms with Crippen LogP contribution in [0.2, 0.25) is 0 Å². The van der Waals surface area contributed by atoms with Gasteiger partial charge in [-0.15, -0.1) is 0 Å². The molecular weight excluding hydrogens is 350 g/mol. The van der Waals surface area contributed by atoms with Gasteiger partial charge in [0.05, 0.1) is 5.56 Å². The molecule has 0 bridgehead atoms. The molecule has 1 aromatic heterocycles. The van der Waals surface area contributed by atoms with Gasteiger partial charge < -0.3 is 16.0 Å². The first-order valence-corrected chi connectivity index (χ1v) is 7.85. The summed E-state index contributed by atoms with van der Waals surface area (Å²) in [6, 6.07) is 8.35. The highest BCUT2D eigenvalue weighted by Gasteiger charge is 2.33. The SMILES string of the molecule is CN=C(NCCNc1ncccc1C(F)(F)F)NCc1cccc(F)c1. The van der Waals surface area contributed by atoms with Crippen molar-refractivity contribution in [1.82, 2.24) is 15.6 Å². The molecule has 140 valence electrons. The molecule has 0 saturated heterocycles. The molecule has 5 nitrogen and oxygen atoms in total. The second-order valence-electron chi connectivity index (χ2n) is 5.31. The average molecular weight is 369 g/mol. The molecule has 3 N–H and O–H groups in total. The molecule has 1 aromatic carbocycles. The number of nitrogens with zero attached hydrogens (tertiary/aromatic N) is 2. The summed E-state index contributed by atoms with van der Waals surface area (Å²) in [5, 5.41) is 8.61. The Balaban J connectivity index is 1.80. The summed E-state index contributed by atoms with van der Waals surface area (Å²) < 4.78 is 51.8. The molecule has 2 rings (SSSR count). The zero-order valence-corrected chi connectivity index (χ0v) is 14.1. The third kappa shape index (κ3) is 5.91. The van der Waals surface area contributed by atoms with Gasteiger partial charge in [-0.25, -0.2) is 9.37 Å². The highest BCUT2D eigenvalue weighted by atomic mass is 19.4. The van der Waals surface area contributed by atoms with E-state index in [0.717, 1.165) is 11.6 Å². The van der Waals surface area contributed by atoms with E-state index < -0.39 is 11.7 Å². The lowest BCUT2D eigenvalue weighted by Gasteiger charge is -2.15. The second-order valence-corrected chi connectivity index (χ2v) is 5.31. The predicted octanol–water partition coefficient (Wildman–Crippen LogP) is 3.02. The number of benzene rings is 1. The minimum Gasteiger partial charge on any atom is -0.368 e. The van der Waals surface area contributed by atoms with Crippen LogP contribution in [-0.2, 0) is 12.7 Å². The molecule has 0 unspecified atom stereocenters. The van der Waals surface area contributed by atoms with Gasteiger partial charge in [-0.2, -0.15) is 13.2 Å². The van der Waals surface area contributed by atoms with Crippen molar-refractivity contribution in [2.45, 2.75) is 12.7 Å². The summed E-state index contributed by atoms with van der Waals surface area (Å²) >= 11 is 0. The predicted molar refractivity (Wildman–Crippen MR) is 92.3 cm³/mol. The summed E-state index contributed by atoms with van der Waals surface area (Å²) in [6.45, 7) is 0.890. The Hall–Kier alpha value is -2.84. The minimum atomic E-state index is -4.47. The topological polar surface area (TPSA) is 61.3 Å². The van der Waals surface area contributed by atoms with Gasteiger partial charge in [0, 0.05) is 32.9 Å². The Morgan fingerprint density at radius 2 is 1.92 bits per heavy atom. The van der Waals surface area contributed by atoms with E-state index in [0.29, 0.717) is 19.0 Å². The van der Waals surface area contributed by atoms with E-state index in [1.54, 1.807) is 19.2 Å². The molecule has 0 aliphatic heterocycles. The van der Waals surface area contributed by atoms with Crippen LogP contribution in [0.3, 0.4) is 0 Å². The van der Waals surface area contributed by atoms with Crippen LogP contribution in [0.5, 0.6) is 0 Å². The number of alkyl halides is 3. The van der Waals surface area contributed by atoms with Crippen molar-refractivity contribution >= 4 is 11.8 Å². The van der Waals surface area contributed by atoms with Crippen molar-refractivity contribution in [3.8, 4) is 0 Å². The van der Waals surface area contributed by atoms with E-state index in [-0.39, 0.29) is 18.2 Å². The molecule has 9 heteroatoms. The molecule has 0 saturated carbocycles. The first kappa shape index (κ1) is 19.5. The number of hydrogen-bond acceptors (Lipinski definition) is 3. The molecule has 2 aromatic rings. The van der Waals surface area contributed by atoms with Gasteiger partial charge in [-0.3, -0.25) is 4.99 Å². The maximum absolute atomic E-state index is 13.1. The van der Waals surface area contributed by atoms with E-state index in [9.17, 15) is 17.6 Å². The van der Waals surface area contributed by atoms with Crippen molar-refractivity contribution in [2.75, 3.05) is 25.5 Å². The van der Waals surface area contributed by atoms with Crippen LogP contribution in [0.4, 0.5) is 23.4 Å². The van der Waals surface area contributed by atoms with Crippen LogP contribution in [0, 0.1) is 5.82 Å². The Labute approximate surface area is 148 Å². The third-order valence-electron chi connectivity index (χ3n) is 3.40. The first-order valence-electron chi connectivity index (χ1n) is 7.85. The lowest BCUT2D eigenvalue weighted by Crippen LogP contribution is -2.39. The number of guanidine groups is 1. The smallest absolute Gasteiger partial charge is 0.368 e. The molecule has 0 aliphatic rings. The lowest BCUT2D eigenvalue weighted by atomic mass is 10.2. The van der Waals surface area contributed by atoms with Crippen LogP contribution >= 0.6 is 0 Å². The van der Waals surface area contributed by atoms with Crippen LogP contribution in [0.15, 0.2) is 47.6 Å². The quantitative estimate of drug-likeness (QED) is 0.317. The third-order valence-corrected chi connectivity index (χ3v) is 3.40. The molecule has 0 aliphatic carbocycles. The molecule has 26 heavy (non-hydrogen) atoms. The van der Waals surface area contributed by atoms with Crippen molar-refractivity contribution in [1.29, 1.82) is 0 Å². The van der Waals surface area contributed by atoms with E-state index in [1.165, 1.54) is 24.4 Å². The monoisotopic (exact) mass is 369 g/mol. The molecule has 1 heterocycles. The summed E-state index contributed by atoms with van der Waals surface area (Å²) in [4.78, 5) is 7.73. The van der Waals surface area contributed by atoms with Crippen molar-refractivity contribution < 1.29 is 17.6 Å². The Morgan fingerprint density at radius 3 is 2.62 bits per heavy atom. The summed E-state index contributed by atoms with van der Waals surface area (Å²) in [5.74, 6) is -0.0927. The first-order chi connectivity index (χ1) is 12.4. The van der Waals surface area contributed by atoms with Crippen LogP contribution in [-0.4, -0.2) is 31.1 Å². The summed E-state index contributed by atoms with van der Waals surface area (Å²) in [6.07, 6.45) is -3.17. The lowest BCUT2D eigenvalue weighted by molar-refractivity contribution is -0.137. The zero-order valence-electron chi connectivity index (χ0n) is 14.1. The fraction of sp³-hybridized carbons (Fsp3) is 0.294. The highest BCUT2D eigenvalue weighted by molar-refractivity contribution is 5.79. The van der Waals surface area contributed by atoms with Gasteiger partial charge in [-0.1, -0.05) is 12.1 Å². The van der Waals surface area contributed by atoms with Gasteiger partial charge in [0.2, 0.25) is 0 Å². The number of aliphatic imine (C=N–C) groups is 1. The number of hydrogen-bond donors (Lipinski definition) is 3. The number of rotatable bonds is 6. The van der Waals surface area contributed by atoms with Crippen LogP contribution in [0.1, 0.15) is 11.1 Å². The fourth-order valence-corrected chi connectivity index (χ4v) is 2.19. The van der Waals surface area contributed by atoms with E-state index >= 15 is 0 Å². The fourth-order valence-electron chi connectivity index (χ4n) is 2.19. The second kappa shape index (κ2) is 9.02. The van der Waals surface area contributed by atoms with Crippen LogP contribution < -0.4 is 16.0 Å². The van der Waals surface area contributed by atoms with Gasteiger partial charge >= 0.3 is 6.18 Å². The van der Waals surface area contributed by atoms with E-state index in [2.05, 4.69) is 25.9 Å². The Bertz CT molecular complexity index is 746. The van der Waals surface area contributed by atoms with Crippen molar-refractivity contribution in [3.63, 3.8) is 0 Å². The average Bonchev–Trinajstić information content (AvgIpc) is 2.60. The maximum Gasteiger partial charge on any atom is 0.419 e. The molecule has 0 spiro atoms.